The molecular weight excluding hydrogens is 554 g/mol. The van der Waals surface area contributed by atoms with E-state index in [9.17, 15) is 9.59 Å². The number of carbonyl (C=O) groups excluding carboxylic acids is 2. The molecule has 1 aromatic heterocycles. The summed E-state index contributed by atoms with van der Waals surface area (Å²) in [7, 11) is 0. The van der Waals surface area contributed by atoms with Gasteiger partial charge in [-0.1, -0.05) is 47.7 Å². The Morgan fingerprint density at radius 3 is 1.75 bits per heavy atom. The third-order valence-corrected chi connectivity index (χ3v) is 7.59. The van der Waals surface area contributed by atoms with Crippen molar-refractivity contribution in [3.8, 4) is 16.9 Å². The second-order valence-electron chi connectivity index (χ2n) is 13.4. The molecule has 2 amide bonds. The van der Waals surface area contributed by atoms with Crippen molar-refractivity contribution in [1.29, 1.82) is 0 Å². The minimum atomic E-state index is -0.499. The van der Waals surface area contributed by atoms with Crippen molar-refractivity contribution < 1.29 is 19.1 Å². The minimum Gasteiger partial charge on any atom is -0.444 e. The molecule has 0 N–H and O–H groups in total. The van der Waals surface area contributed by atoms with Crippen LogP contribution in [0.4, 0.5) is 9.59 Å². The fourth-order valence-corrected chi connectivity index (χ4v) is 5.34. The molecular formula is C35H43N5O4. The first kappa shape index (κ1) is 31.0. The van der Waals surface area contributed by atoms with Gasteiger partial charge in [-0.3, -0.25) is 0 Å². The predicted octanol–water partition coefficient (Wildman–Crippen LogP) is 7.29. The van der Waals surface area contributed by atoms with Crippen molar-refractivity contribution in [3.05, 3.63) is 77.5 Å². The van der Waals surface area contributed by atoms with Gasteiger partial charge in [-0.15, -0.1) is 5.10 Å². The Morgan fingerprint density at radius 2 is 1.27 bits per heavy atom. The van der Waals surface area contributed by atoms with Gasteiger partial charge in [-0.2, -0.15) is 0 Å². The molecule has 3 heterocycles. The molecule has 0 spiro atoms. The van der Waals surface area contributed by atoms with Gasteiger partial charge in [0.05, 0.1) is 11.9 Å². The molecule has 9 heteroatoms. The fourth-order valence-electron chi connectivity index (χ4n) is 5.34. The second kappa shape index (κ2) is 12.3. The van der Waals surface area contributed by atoms with E-state index in [2.05, 4.69) is 59.7 Å². The van der Waals surface area contributed by atoms with E-state index < -0.39 is 11.2 Å². The third kappa shape index (κ3) is 7.56. The van der Waals surface area contributed by atoms with E-state index in [0.29, 0.717) is 26.2 Å². The van der Waals surface area contributed by atoms with Gasteiger partial charge < -0.3 is 19.3 Å². The zero-order chi connectivity index (χ0) is 31.6. The van der Waals surface area contributed by atoms with Crippen LogP contribution in [-0.2, 0) is 9.47 Å². The number of aryl methyl sites for hydroxylation is 1. The standard InChI is InChI=1S/C35H43N5O4/c1-24-22-28(27-16-20-39(21-17-27)33(42)44-35(5,6)7)10-13-30(24)31-23-40(37-36-31)29-11-8-25(9-12-29)26-14-18-38(19-15-26)32(41)43-34(2,3)4/h8-14,16,22-23H,15,17-21H2,1-7H3. The number of hydrogen-bond acceptors (Lipinski definition) is 6. The fraction of sp³-hybridized carbons (Fsp3) is 0.429. The second-order valence-corrected chi connectivity index (χ2v) is 13.4. The van der Waals surface area contributed by atoms with Crippen LogP contribution >= 0.6 is 0 Å². The highest BCUT2D eigenvalue weighted by Gasteiger charge is 2.25. The lowest BCUT2D eigenvalue weighted by molar-refractivity contribution is 0.0260. The monoisotopic (exact) mass is 597 g/mol. The molecule has 0 bridgehead atoms. The van der Waals surface area contributed by atoms with E-state index >= 15 is 0 Å². The number of benzene rings is 2. The van der Waals surface area contributed by atoms with Crippen LogP contribution in [0, 0.1) is 6.92 Å². The maximum atomic E-state index is 12.4. The quantitative estimate of drug-likeness (QED) is 0.314. The summed E-state index contributed by atoms with van der Waals surface area (Å²) in [6.07, 6.45) is 7.19. The molecule has 2 aromatic carbocycles. The zero-order valence-corrected chi connectivity index (χ0v) is 26.9. The molecule has 0 saturated heterocycles. The smallest absolute Gasteiger partial charge is 0.410 e. The van der Waals surface area contributed by atoms with Gasteiger partial charge in [0.1, 0.15) is 16.9 Å². The lowest BCUT2D eigenvalue weighted by Gasteiger charge is -2.29. The van der Waals surface area contributed by atoms with Crippen LogP contribution < -0.4 is 0 Å². The topological polar surface area (TPSA) is 89.8 Å². The highest BCUT2D eigenvalue weighted by atomic mass is 16.6. The van der Waals surface area contributed by atoms with E-state index in [1.165, 1.54) is 11.1 Å². The summed E-state index contributed by atoms with van der Waals surface area (Å²) >= 11 is 0. The number of rotatable bonds is 4. The number of aromatic nitrogens is 3. The third-order valence-electron chi connectivity index (χ3n) is 7.59. The van der Waals surface area contributed by atoms with Crippen LogP contribution in [0.25, 0.3) is 28.1 Å². The normalized spacial score (nSPS) is 15.9. The molecule has 2 aliphatic rings. The first-order valence-corrected chi connectivity index (χ1v) is 15.2. The Hall–Kier alpha value is -4.40. The molecule has 2 aliphatic heterocycles. The van der Waals surface area contributed by atoms with Gasteiger partial charge >= 0.3 is 12.2 Å². The Bertz CT molecular complexity index is 1590. The zero-order valence-electron chi connectivity index (χ0n) is 26.9. The molecule has 0 atom stereocenters. The predicted molar refractivity (Wildman–Crippen MR) is 172 cm³/mol. The first-order valence-electron chi connectivity index (χ1n) is 15.2. The average Bonchev–Trinajstić information content (AvgIpc) is 3.46. The highest BCUT2D eigenvalue weighted by Crippen LogP contribution is 2.30. The van der Waals surface area contributed by atoms with Gasteiger partial charge in [0.15, 0.2) is 0 Å². The largest absolute Gasteiger partial charge is 0.444 e. The molecule has 232 valence electrons. The van der Waals surface area contributed by atoms with Crippen LogP contribution in [0.2, 0.25) is 0 Å². The van der Waals surface area contributed by atoms with Gasteiger partial charge in [-0.05, 0) is 101 Å². The van der Waals surface area contributed by atoms with E-state index in [1.807, 2.05) is 59.9 Å². The number of carbonyl (C=O) groups is 2. The maximum Gasteiger partial charge on any atom is 0.410 e. The van der Waals surface area contributed by atoms with Gasteiger partial charge in [-0.25, -0.2) is 14.3 Å². The molecule has 0 fully saturated rings. The van der Waals surface area contributed by atoms with Crippen LogP contribution in [0.1, 0.15) is 71.1 Å². The summed E-state index contributed by atoms with van der Waals surface area (Å²) in [5.41, 5.74) is 7.63. The first-order chi connectivity index (χ1) is 20.8. The summed E-state index contributed by atoms with van der Waals surface area (Å²) in [6, 6.07) is 14.7. The Kier molecular flexibility index (Phi) is 8.68. The molecule has 0 saturated carbocycles. The molecule has 3 aromatic rings. The Morgan fingerprint density at radius 1 is 0.750 bits per heavy atom. The Balaban J connectivity index is 1.22. The van der Waals surface area contributed by atoms with E-state index in [-0.39, 0.29) is 12.2 Å². The Labute approximate surface area is 260 Å². The van der Waals surface area contributed by atoms with E-state index in [0.717, 1.165) is 46.5 Å². The molecule has 0 radical (unpaired) electrons. The summed E-state index contributed by atoms with van der Waals surface area (Å²) in [6.45, 7) is 15.7. The number of nitrogens with zero attached hydrogens (tertiary/aromatic N) is 5. The van der Waals surface area contributed by atoms with Crippen molar-refractivity contribution in [2.75, 3.05) is 26.2 Å². The van der Waals surface area contributed by atoms with Crippen LogP contribution in [0.5, 0.6) is 0 Å². The summed E-state index contributed by atoms with van der Waals surface area (Å²) in [4.78, 5) is 28.3. The van der Waals surface area contributed by atoms with Crippen LogP contribution in [0.15, 0.2) is 60.8 Å². The molecule has 5 rings (SSSR count). The molecule has 9 nitrogen and oxygen atoms in total. The number of ether oxygens (including phenoxy) is 2. The van der Waals surface area contributed by atoms with Crippen molar-refractivity contribution in [1.82, 2.24) is 24.8 Å². The van der Waals surface area contributed by atoms with Crippen molar-refractivity contribution in [2.45, 2.75) is 72.5 Å². The van der Waals surface area contributed by atoms with Gasteiger partial charge in [0, 0.05) is 31.7 Å². The minimum absolute atomic E-state index is 0.269. The van der Waals surface area contributed by atoms with Gasteiger partial charge in [0.25, 0.3) is 0 Å². The summed E-state index contributed by atoms with van der Waals surface area (Å²) in [5, 5.41) is 8.87. The summed E-state index contributed by atoms with van der Waals surface area (Å²) < 4.78 is 12.8. The van der Waals surface area contributed by atoms with Crippen molar-refractivity contribution in [2.24, 2.45) is 0 Å². The molecule has 44 heavy (non-hydrogen) atoms. The van der Waals surface area contributed by atoms with Crippen LogP contribution in [0.3, 0.4) is 0 Å². The van der Waals surface area contributed by atoms with Crippen molar-refractivity contribution >= 4 is 23.3 Å². The average molecular weight is 598 g/mol. The highest BCUT2D eigenvalue weighted by molar-refractivity contribution is 5.75. The summed E-state index contributed by atoms with van der Waals surface area (Å²) in [5.74, 6) is 0. The number of amides is 2. The maximum absolute atomic E-state index is 12.4. The lowest BCUT2D eigenvalue weighted by Crippen LogP contribution is -2.39. The lowest BCUT2D eigenvalue weighted by atomic mass is 9.95. The molecule has 0 aliphatic carbocycles. The van der Waals surface area contributed by atoms with E-state index in [4.69, 9.17) is 9.47 Å². The number of hydrogen-bond donors (Lipinski definition) is 0. The molecule has 0 unspecified atom stereocenters. The van der Waals surface area contributed by atoms with Gasteiger partial charge in [0.2, 0.25) is 0 Å². The van der Waals surface area contributed by atoms with Crippen LogP contribution in [-0.4, -0.2) is 74.4 Å². The van der Waals surface area contributed by atoms with E-state index in [1.54, 1.807) is 14.5 Å². The SMILES string of the molecule is Cc1cc(C2=CCN(C(=O)OC(C)(C)C)CC2)ccc1-c1cn(-c2ccc(C3=CCN(C(=O)OC(C)(C)C)CC3)cc2)nn1. The van der Waals surface area contributed by atoms with Crippen molar-refractivity contribution in [3.63, 3.8) is 0 Å².